The summed E-state index contributed by atoms with van der Waals surface area (Å²) in [6, 6.07) is 0. The molecule has 4 heteroatoms. The number of ether oxygens (including phenoxy) is 1. The van der Waals surface area contributed by atoms with Crippen LogP contribution in [0, 0.1) is 0 Å². The molecule has 1 rings (SSSR count). The standard InChI is InChI=1S/C7H15NOS2/c1-2-7(9-4-5-10)8-3-6-11-7/h8,10H,2-6H2,1H3. The Morgan fingerprint density at radius 1 is 1.73 bits per heavy atom. The van der Waals surface area contributed by atoms with Crippen LogP contribution in [0.1, 0.15) is 13.3 Å². The van der Waals surface area contributed by atoms with Gasteiger partial charge in [-0.25, -0.2) is 0 Å². The number of nitrogens with one attached hydrogen (secondary N) is 1. The molecule has 1 aliphatic rings. The van der Waals surface area contributed by atoms with E-state index < -0.39 is 0 Å². The molecule has 2 nitrogen and oxygen atoms in total. The molecular weight excluding hydrogens is 178 g/mol. The molecule has 66 valence electrons. The predicted molar refractivity (Wildman–Crippen MR) is 53.3 cm³/mol. The Kier molecular flexibility index (Phi) is 4.06. The first-order valence-corrected chi connectivity index (χ1v) is 5.58. The van der Waals surface area contributed by atoms with Crippen LogP contribution in [-0.2, 0) is 4.74 Å². The molecule has 0 bridgehead atoms. The molecule has 1 unspecified atom stereocenters. The van der Waals surface area contributed by atoms with Crippen molar-refractivity contribution in [3.05, 3.63) is 0 Å². The molecule has 11 heavy (non-hydrogen) atoms. The van der Waals surface area contributed by atoms with Gasteiger partial charge in [0.1, 0.15) is 0 Å². The average Bonchev–Trinajstić information content (AvgIpc) is 2.50. The van der Waals surface area contributed by atoms with E-state index in [4.69, 9.17) is 4.74 Å². The van der Waals surface area contributed by atoms with Gasteiger partial charge in [0.15, 0.2) is 5.06 Å². The Balaban J connectivity index is 2.33. The second-order valence-electron chi connectivity index (χ2n) is 2.45. The fraction of sp³-hybridized carbons (Fsp3) is 1.00. The first-order valence-electron chi connectivity index (χ1n) is 3.97. The Morgan fingerprint density at radius 2 is 2.55 bits per heavy atom. The van der Waals surface area contributed by atoms with Crippen LogP contribution in [0.4, 0.5) is 0 Å². The molecule has 0 aromatic carbocycles. The molecule has 1 aliphatic heterocycles. The largest absolute Gasteiger partial charge is 0.350 e. The van der Waals surface area contributed by atoms with E-state index in [0.717, 1.165) is 31.1 Å². The molecule has 0 amide bonds. The molecular formula is C7H15NOS2. The van der Waals surface area contributed by atoms with Crippen molar-refractivity contribution in [2.24, 2.45) is 0 Å². The number of hydrogen-bond donors (Lipinski definition) is 2. The molecule has 1 N–H and O–H groups in total. The van der Waals surface area contributed by atoms with Gasteiger partial charge in [0.25, 0.3) is 0 Å². The predicted octanol–water partition coefficient (Wildman–Crippen LogP) is 1.33. The van der Waals surface area contributed by atoms with E-state index in [1.165, 1.54) is 0 Å². The van der Waals surface area contributed by atoms with Crippen molar-refractivity contribution in [2.75, 3.05) is 24.7 Å². The highest BCUT2D eigenvalue weighted by molar-refractivity contribution is 8.00. The lowest BCUT2D eigenvalue weighted by Gasteiger charge is -2.26. The molecule has 1 fully saturated rings. The summed E-state index contributed by atoms with van der Waals surface area (Å²) in [6.45, 7) is 3.94. The van der Waals surface area contributed by atoms with Crippen molar-refractivity contribution in [1.82, 2.24) is 5.32 Å². The SMILES string of the molecule is CCC1(OCCS)NCCS1. The Morgan fingerprint density at radius 3 is 3.00 bits per heavy atom. The van der Waals surface area contributed by atoms with E-state index in [2.05, 4.69) is 24.9 Å². The summed E-state index contributed by atoms with van der Waals surface area (Å²) < 4.78 is 5.66. The van der Waals surface area contributed by atoms with Crippen molar-refractivity contribution in [3.63, 3.8) is 0 Å². The fourth-order valence-corrected chi connectivity index (χ4v) is 2.34. The topological polar surface area (TPSA) is 21.3 Å². The van der Waals surface area contributed by atoms with Crippen molar-refractivity contribution in [2.45, 2.75) is 18.4 Å². The zero-order chi connectivity index (χ0) is 8.16. The van der Waals surface area contributed by atoms with Gasteiger partial charge >= 0.3 is 0 Å². The summed E-state index contributed by atoms with van der Waals surface area (Å²) in [7, 11) is 0. The van der Waals surface area contributed by atoms with Crippen LogP contribution in [0.3, 0.4) is 0 Å². The van der Waals surface area contributed by atoms with Gasteiger partial charge in [-0.05, 0) is 6.42 Å². The average molecular weight is 193 g/mol. The summed E-state index contributed by atoms with van der Waals surface area (Å²) in [5.41, 5.74) is 0. The maximum Gasteiger partial charge on any atom is 0.166 e. The molecule has 0 aromatic heterocycles. The van der Waals surface area contributed by atoms with Crippen molar-refractivity contribution >= 4 is 24.4 Å². The minimum atomic E-state index is -0.0945. The zero-order valence-corrected chi connectivity index (χ0v) is 8.51. The fourth-order valence-electron chi connectivity index (χ4n) is 1.14. The van der Waals surface area contributed by atoms with E-state index >= 15 is 0 Å². The third kappa shape index (κ3) is 2.54. The van der Waals surface area contributed by atoms with Crippen LogP contribution in [-0.4, -0.2) is 29.7 Å². The van der Waals surface area contributed by atoms with Gasteiger partial charge in [-0.2, -0.15) is 12.6 Å². The monoisotopic (exact) mass is 193 g/mol. The molecule has 0 saturated carbocycles. The number of thioether (sulfide) groups is 1. The molecule has 1 heterocycles. The van der Waals surface area contributed by atoms with Crippen LogP contribution in [0.2, 0.25) is 0 Å². The van der Waals surface area contributed by atoms with E-state index in [1.807, 2.05) is 11.8 Å². The lowest BCUT2D eigenvalue weighted by Crippen LogP contribution is -2.39. The van der Waals surface area contributed by atoms with Gasteiger partial charge in [0, 0.05) is 18.1 Å². The van der Waals surface area contributed by atoms with Crippen LogP contribution in [0.15, 0.2) is 0 Å². The highest BCUT2D eigenvalue weighted by atomic mass is 32.2. The van der Waals surface area contributed by atoms with E-state index in [-0.39, 0.29) is 5.06 Å². The minimum Gasteiger partial charge on any atom is -0.350 e. The molecule has 0 aliphatic carbocycles. The van der Waals surface area contributed by atoms with E-state index in [1.54, 1.807) is 0 Å². The Labute approximate surface area is 77.9 Å². The summed E-state index contributed by atoms with van der Waals surface area (Å²) >= 11 is 5.97. The van der Waals surface area contributed by atoms with Gasteiger partial charge in [0.05, 0.1) is 6.61 Å². The van der Waals surface area contributed by atoms with E-state index in [0.29, 0.717) is 0 Å². The Hall–Kier alpha value is 0.620. The van der Waals surface area contributed by atoms with Crippen molar-refractivity contribution in [1.29, 1.82) is 0 Å². The molecule has 0 aromatic rings. The van der Waals surface area contributed by atoms with Gasteiger partial charge < -0.3 is 4.74 Å². The molecule has 1 saturated heterocycles. The van der Waals surface area contributed by atoms with Gasteiger partial charge in [0.2, 0.25) is 0 Å². The van der Waals surface area contributed by atoms with E-state index in [9.17, 15) is 0 Å². The molecule has 0 spiro atoms. The first kappa shape index (κ1) is 9.71. The summed E-state index contributed by atoms with van der Waals surface area (Å²) in [5.74, 6) is 1.95. The summed E-state index contributed by atoms with van der Waals surface area (Å²) in [5, 5.41) is 3.27. The second-order valence-corrected chi connectivity index (χ2v) is 4.26. The molecule has 0 radical (unpaired) electrons. The van der Waals surface area contributed by atoms with Crippen LogP contribution in [0.25, 0.3) is 0 Å². The lowest BCUT2D eigenvalue weighted by molar-refractivity contribution is 0.0148. The smallest absolute Gasteiger partial charge is 0.166 e. The van der Waals surface area contributed by atoms with Crippen molar-refractivity contribution < 1.29 is 4.74 Å². The first-order chi connectivity index (χ1) is 5.33. The Bertz CT molecular complexity index is 115. The third-order valence-electron chi connectivity index (χ3n) is 1.72. The minimum absolute atomic E-state index is 0.0945. The number of thiol groups is 1. The van der Waals surface area contributed by atoms with Crippen LogP contribution in [0.5, 0.6) is 0 Å². The van der Waals surface area contributed by atoms with Crippen LogP contribution >= 0.6 is 24.4 Å². The summed E-state index contributed by atoms with van der Waals surface area (Å²) in [6.07, 6.45) is 1.02. The quantitative estimate of drug-likeness (QED) is 0.658. The maximum atomic E-state index is 5.66. The number of hydrogen-bond acceptors (Lipinski definition) is 4. The maximum absolute atomic E-state index is 5.66. The highest BCUT2D eigenvalue weighted by Gasteiger charge is 2.32. The lowest BCUT2D eigenvalue weighted by atomic mass is 10.4. The van der Waals surface area contributed by atoms with Crippen molar-refractivity contribution in [3.8, 4) is 0 Å². The molecule has 1 atom stereocenters. The number of rotatable bonds is 4. The highest BCUT2D eigenvalue weighted by Crippen LogP contribution is 2.31. The second kappa shape index (κ2) is 4.60. The van der Waals surface area contributed by atoms with Gasteiger partial charge in [-0.15, -0.1) is 11.8 Å². The third-order valence-corrected chi connectivity index (χ3v) is 3.33. The normalized spacial score (nSPS) is 31.1. The summed E-state index contributed by atoms with van der Waals surface area (Å²) in [4.78, 5) is 0. The van der Waals surface area contributed by atoms with Crippen LogP contribution < -0.4 is 5.32 Å². The zero-order valence-electron chi connectivity index (χ0n) is 6.80. The van der Waals surface area contributed by atoms with Gasteiger partial charge in [-0.3, -0.25) is 5.32 Å². The van der Waals surface area contributed by atoms with Gasteiger partial charge in [-0.1, -0.05) is 6.92 Å².